The van der Waals surface area contributed by atoms with Gasteiger partial charge in [0.1, 0.15) is 32.2 Å². The van der Waals surface area contributed by atoms with E-state index in [0.717, 1.165) is 38.5 Å². The van der Waals surface area contributed by atoms with Gasteiger partial charge in [0.25, 0.3) is 0 Å². The number of hydroxylamine groups is 2. The molecular formula is C34H69NO10P+2. The van der Waals surface area contributed by atoms with Crippen LogP contribution in [0.5, 0.6) is 0 Å². The van der Waals surface area contributed by atoms with Gasteiger partial charge in [-0.25, -0.2) is 4.57 Å². The Hall–Kier alpha value is -1.07. The number of hydrogen-bond donors (Lipinski definition) is 5. The number of unbranched alkanes of at least 4 members (excludes halogenated alkanes) is 20. The van der Waals surface area contributed by atoms with Crippen LogP contribution in [-0.4, -0.2) is 70.4 Å². The van der Waals surface area contributed by atoms with Crippen molar-refractivity contribution in [2.45, 2.75) is 180 Å². The van der Waals surface area contributed by atoms with E-state index in [4.69, 9.17) is 9.47 Å². The standard InChI is InChI=1S/C34H68NO10P/c1-3-5-7-9-11-13-15-17-19-21-23-25-33(38)43-29-31(36)27-35(45-46(40,41)42)28-32(37)30-44-34(39)26-24-22-20-18-16-14-12-10-8-6-4-2/h31-32,36-37H,3-30H2,1-2H3,(H2,40,41,42)/q+1/p+1/t31-,32-/m0/s1. The number of aliphatic hydroxyl groups is 2. The third kappa shape index (κ3) is 32.9. The molecule has 0 bridgehead atoms. The molecule has 2 atom stereocenters. The molecule has 46 heavy (non-hydrogen) atoms. The van der Waals surface area contributed by atoms with Gasteiger partial charge in [-0.1, -0.05) is 147 Å². The van der Waals surface area contributed by atoms with Crippen molar-refractivity contribution in [2.24, 2.45) is 0 Å². The van der Waals surface area contributed by atoms with Crippen LogP contribution in [0, 0.1) is 0 Å². The average Bonchev–Trinajstić information content (AvgIpc) is 2.99. The molecule has 0 aromatic heterocycles. The quantitative estimate of drug-likeness (QED) is 0.0176. The number of ether oxygens (including phenoxy) is 2. The first-order valence-electron chi connectivity index (χ1n) is 18.3. The lowest BCUT2D eigenvalue weighted by Crippen LogP contribution is -3.13. The normalized spacial score (nSPS) is 13.8. The summed E-state index contributed by atoms with van der Waals surface area (Å²) in [5.74, 6) is -0.894. The molecule has 0 saturated heterocycles. The van der Waals surface area contributed by atoms with Crippen molar-refractivity contribution in [1.29, 1.82) is 0 Å². The molecule has 0 aliphatic heterocycles. The molecule has 0 rings (SSSR count). The molecule has 5 N–H and O–H groups in total. The summed E-state index contributed by atoms with van der Waals surface area (Å²) in [7, 11) is -4.96. The first-order valence-corrected chi connectivity index (χ1v) is 19.9. The van der Waals surface area contributed by atoms with Gasteiger partial charge in [-0.2, -0.15) is 5.06 Å². The van der Waals surface area contributed by atoms with E-state index in [1.54, 1.807) is 0 Å². The monoisotopic (exact) mass is 682 g/mol. The van der Waals surface area contributed by atoms with Gasteiger partial charge in [-0.3, -0.25) is 14.6 Å². The number of carbonyl (C=O) groups excluding carboxylic acids is 2. The smallest absolute Gasteiger partial charge is 0.463 e. The zero-order chi connectivity index (χ0) is 34.3. The van der Waals surface area contributed by atoms with Crippen molar-refractivity contribution in [3.63, 3.8) is 0 Å². The van der Waals surface area contributed by atoms with Gasteiger partial charge in [0.15, 0.2) is 6.10 Å². The second-order valence-corrected chi connectivity index (χ2v) is 13.9. The number of rotatable bonds is 34. The zero-order valence-corrected chi connectivity index (χ0v) is 30.0. The summed E-state index contributed by atoms with van der Waals surface area (Å²) >= 11 is 0. The Morgan fingerprint density at radius 3 is 1.35 bits per heavy atom. The maximum atomic E-state index is 12.1. The molecule has 273 valence electrons. The van der Waals surface area contributed by atoms with Crippen molar-refractivity contribution >= 4 is 19.8 Å². The molecule has 0 spiro atoms. The Labute approximate surface area is 279 Å². The van der Waals surface area contributed by atoms with E-state index >= 15 is 0 Å². The lowest BCUT2D eigenvalue weighted by Gasteiger charge is -2.21. The van der Waals surface area contributed by atoms with Crippen LogP contribution in [0.2, 0.25) is 0 Å². The van der Waals surface area contributed by atoms with Gasteiger partial charge < -0.3 is 19.7 Å². The molecule has 0 aromatic rings. The van der Waals surface area contributed by atoms with Gasteiger partial charge in [0.2, 0.25) is 6.61 Å². The predicted octanol–water partition coefficient (Wildman–Crippen LogP) is 6.11. The average molecular weight is 683 g/mol. The van der Waals surface area contributed by atoms with Gasteiger partial charge in [-0.05, 0) is 12.8 Å². The minimum atomic E-state index is -4.96. The third-order valence-corrected chi connectivity index (χ3v) is 8.51. The maximum absolute atomic E-state index is 12.1. The van der Waals surface area contributed by atoms with E-state index in [2.05, 4.69) is 18.5 Å². The highest BCUT2D eigenvalue weighted by Crippen LogP contribution is 2.32. The summed E-state index contributed by atoms with van der Waals surface area (Å²) in [6.45, 7) is 2.98. The molecule has 0 unspecified atom stereocenters. The van der Waals surface area contributed by atoms with Crippen LogP contribution in [0.1, 0.15) is 168 Å². The summed E-state index contributed by atoms with van der Waals surface area (Å²) in [6, 6.07) is 0. The van der Waals surface area contributed by atoms with Crippen molar-refractivity contribution in [1.82, 2.24) is 0 Å². The molecular weight excluding hydrogens is 613 g/mol. The van der Waals surface area contributed by atoms with Crippen LogP contribution in [-0.2, 0) is 28.3 Å². The van der Waals surface area contributed by atoms with E-state index in [1.807, 2.05) is 0 Å². The molecule has 12 heteroatoms. The Morgan fingerprint density at radius 1 is 0.609 bits per heavy atom. The van der Waals surface area contributed by atoms with Crippen LogP contribution >= 0.6 is 7.82 Å². The van der Waals surface area contributed by atoms with Crippen LogP contribution < -0.4 is 5.06 Å². The topological polar surface area (TPSA) is 167 Å². The summed E-state index contributed by atoms with van der Waals surface area (Å²) in [5, 5.41) is 20.3. The van der Waals surface area contributed by atoms with Gasteiger partial charge in [-0.15, -0.1) is 0 Å². The fourth-order valence-electron chi connectivity index (χ4n) is 5.36. The Bertz CT molecular complexity index is 716. The second-order valence-electron chi connectivity index (χ2n) is 12.8. The van der Waals surface area contributed by atoms with E-state index in [9.17, 15) is 34.2 Å². The van der Waals surface area contributed by atoms with E-state index in [0.29, 0.717) is 12.8 Å². The first-order chi connectivity index (χ1) is 22.1. The predicted molar refractivity (Wildman–Crippen MR) is 180 cm³/mol. The fourth-order valence-corrected chi connectivity index (χ4v) is 5.84. The van der Waals surface area contributed by atoms with Gasteiger partial charge in [0, 0.05) is 11.2 Å². The zero-order valence-electron chi connectivity index (χ0n) is 29.1. The molecule has 11 nitrogen and oxygen atoms in total. The van der Waals surface area contributed by atoms with E-state index in [1.165, 1.54) is 89.9 Å². The summed E-state index contributed by atoms with van der Waals surface area (Å²) in [6.07, 6.45) is 23.6. The highest BCUT2D eigenvalue weighted by Gasteiger charge is 2.31. The minimum absolute atomic E-state index is 0.239. The van der Waals surface area contributed by atoms with Gasteiger partial charge >= 0.3 is 19.8 Å². The van der Waals surface area contributed by atoms with Crippen LogP contribution in [0.4, 0.5) is 0 Å². The third-order valence-electron chi connectivity index (χ3n) is 8.02. The number of aliphatic hydroxyl groups excluding tert-OH is 2. The number of carbonyl (C=O) groups is 2. The number of nitrogens with one attached hydrogen (secondary N) is 1. The summed E-state index contributed by atoms with van der Waals surface area (Å²) < 4.78 is 26.3. The number of phosphoric acid groups is 1. The molecule has 0 fully saturated rings. The molecule has 1 radical (unpaired) electrons. The molecule has 0 aromatic carbocycles. The second kappa shape index (κ2) is 31.2. The Kier molecular flexibility index (Phi) is 30.5. The fraction of sp³-hybridized carbons (Fsp3) is 0.941. The lowest BCUT2D eigenvalue weighted by molar-refractivity contribution is -1.07. The Balaban J connectivity index is 4.09. The largest absolute Gasteiger partial charge is 0.574 e. The van der Waals surface area contributed by atoms with Crippen molar-refractivity contribution < 1.29 is 53.3 Å². The molecule has 0 aliphatic rings. The van der Waals surface area contributed by atoms with Gasteiger partial charge in [0.05, 0.1) is 0 Å². The van der Waals surface area contributed by atoms with Crippen molar-refractivity contribution in [2.75, 3.05) is 26.3 Å². The molecule has 0 heterocycles. The maximum Gasteiger partial charge on any atom is 0.574 e. The molecule has 0 saturated carbocycles. The Morgan fingerprint density at radius 2 is 0.957 bits per heavy atom. The van der Waals surface area contributed by atoms with E-state index in [-0.39, 0.29) is 44.2 Å². The van der Waals surface area contributed by atoms with Crippen LogP contribution in [0.3, 0.4) is 0 Å². The minimum Gasteiger partial charge on any atom is -0.463 e. The molecule has 0 amide bonds. The highest BCUT2D eigenvalue weighted by atomic mass is 31.2. The summed E-state index contributed by atoms with van der Waals surface area (Å²) in [5.41, 5.74) is 0. The number of hydrogen-bond acceptors (Lipinski definition) is 8. The van der Waals surface area contributed by atoms with Crippen molar-refractivity contribution in [3.8, 4) is 0 Å². The number of quaternary nitrogens is 1. The van der Waals surface area contributed by atoms with Crippen molar-refractivity contribution in [3.05, 3.63) is 0 Å². The lowest BCUT2D eigenvalue weighted by atomic mass is 10.1. The highest BCUT2D eigenvalue weighted by molar-refractivity contribution is 7.46. The first kappa shape index (κ1) is 44.9. The number of esters is 2. The van der Waals surface area contributed by atoms with E-state index < -0.39 is 32.0 Å². The van der Waals surface area contributed by atoms with Crippen LogP contribution in [0.15, 0.2) is 0 Å². The molecule has 0 aliphatic carbocycles. The summed E-state index contributed by atoms with van der Waals surface area (Å²) in [4.78, 5) is 42.6. The SMILES string of the molecule is CCCCCCCCCCCCCC(=O)OC[C@@H](O)C[NH+](C[C@H](O)COC(=[O+])CCCCCCCCCCCCC)OP(=O)(O)O. The van der Waals surface area contributed by atoms with Crippen LogP contribution in [0.25, 0.3) is 0 Å².